The molecule has 96 valence electrons. The number of hydrogen-bond donors (Lipinski definition) is 1. The van der Waals surface area contributed by atoms with Crippen LogP contribution in [0.1, 0.15) is 28.4 Å². The van der Waals surface area contributed by atoms with Gasteiger partial charge in [0.25, 0.3) is 0 Å². The molecule has 2 aromatic rings. The number of thiazole rings is 1. The summed E-state index contributed by atoms with van der Waals surface area (Å²) in [4.78, 5) is 16.1. The summed E-state index contributed by atoms with van der Waals surface area (Å²) in [5.41, 5.74) is 2.55. The largest absolute Gasteiger partial charge is 0.481 e. The molecule has 2 heterocycles. The van der Waals surface area contributed by atoms with Gasteiger partial charge in [-0.3, -0.25) is 4.79 Å². The maximum Gasteiger partial charge on any atom is 0.303 e. The minimum Gasteiger partial charge on any atom is -0.481 e. The highest BCUT2D eigenvalue weighted by molar-refractivity contribution is 7.14. The number of aliphatic carboxylic acids is 1. The second kappa shape index (κ2) is 4.85. The Balaban J connectivity index is 2.27. The van der Waals surface area contributed by atoms with Crippen molar-refractivity contribution in [2.75, 3.05) is 0 Å². The monoisotopic (exact) mass is 266 g/mol. The molecule has 0 saturated carbocycles. The standard InChI is InChI=1S/C11H14N4O2S/c1-6-8(3)18-11(12-6)15-7(2)9(13-14-15)4-5-10(16)17/h4-5H2,1-3H3,(H,16,17). The van der Waals surface area contributed by atoms with E-state index in [1.165, 1.54) is 0 Å². The van der Waals surface area contributed by atoms with Crippen LogP contribution in [0.15, 0.2) is 0 Å². The van der Waals surface area contributed by atoms with Crippen molar-refractivity contribution in [1.29, 1.82) is 0 Å². The fourth-order valence-electron chi connectivity index (χ4n) is 1.54. The summed E-state index contributed by atoms with van der Waals surface area (Å²) in [6.45, 7) is 5.84. The zero-order valence-electron chi connectivity index (χ0n) is 10.5. The Morgan fingerprint density at radius 1 is 1.39 bits per heavy atom. The first kappa shape index (κ1) is 12.7. The Labute approximate surface area is 108 Å². The second-order valence-corrected chi connectivity index (χ2v) is 5.25. The number of carboxylic acids is 1. The van der Waals surface area contributed by atoms with Crippen LogP contribution in [0.5, 0.6) is 0 Å². The molecule has 18 heavy (non-hydrogen) atoms. The van der Waals surface area contributed by atoms with Gasteiger partial charge in [-0.2, -0.15) is 4.68 Å². The molecule has 2 aromatic heterocycles. The van der Waals surface area contributed by atoms with Crippen molar-refractivity contribution in [2.24, 2.45) is 0 Å². The molecule has 7 heteroatoms. The van der Waals surface area contributed by atoms with Gasteiger partial charge >= 0.3 is 5.97 Å². The number of carbonyl (C=O) groups is 1. The van der Waals surface area contributed by atoms with Gasteiger partial charge in [-0.05, 0) is 20.8 Å². The van der Waals surface area contributed by atoms with Gasteiger partial charge in [0.2, 0.25) is 5.13 Å². The lowest BCUT2D eigenvalue weighted by atomic mass is 10.2. The van der Waals surface area contributed by atoms with Crippen molar-refractivity contribution in [3.8, 4) is 5.13 Å². The summed E-state index contributed by atoms with van der Waals surface area (Å²) in [7, 11) is 0. The Hall–Kier alpha value is -1.76. The van der Waals surface area contributed by atoms with Gasteiger partial charge in [-0.1, -0.05) is 16.6 Å². The molecular formula is C11H14N4O2S. The highest BCUT2D eigenvalue weighted by Crippen LogP contribution is 2.21. The van der Waals surface area contributed by atoms with Crippen molar-refractivity contribution in [3.05, 3.63) is 22.0 Å². The Bertz CT molecular complexity index is 568. The van der Waals surface area contributed by atoms with E-state index in [0.29, 0.717) is 12.1 Å². The van der Waals surface area contributed by atoms with Crippen LogP contribution < -0.4 is 0 Å². The van der Waals surface area contributed by atoms with Crippen molar-refractivity contribution >= 4 is 17.3 Å². The first-order valence-electron chi connectivity index (χ1n) is 5.56. The van der Waals surface area contributed by atoms with Gasteiger partial charge in [0.05, 0.1) is 23.5 Å². The van der Waals surface area contributed by atoms with Crippen LogP contribution in [-0.2, 0) is 11.2 Å². The highest BCUT2D eigenvalue weighted by atomic mass is 32.1. The van der Waals surface area contributed by atoms with E-state index in [1.807, 2.05) is 20.8 Å². The third kappa shape index (κ3) is 2.40. The second-order valence-electron chi connectivity index (χ2n) is 4.07. The number of hydrogen-bond acceptors (Lipinski definition) is 5. The number of carboxylic acid groups (broad SMARTS) is 1. The molecule has 0 fully saturated rings. The molecule has 1 N–H and O–H groups in total. The summed E-state index contributed by atoms with van der Waals surface area (Å²) in [6.07, 6.45) is 0.458. The van der Waals surface area contributed by atoms with Gasteiger partial charge in [0.15, 0.2) is 0 Å². The molecule has 0 amide bonds. The minimum absolute atomic E-state index is 0.0649. The van der Waals surface area contributed by atoms with Gasteiger partial charge < -0.3 is 5.11 Å². The van der Waals surface area contributed by atoms with Crippen LogP contribution in [0.3, 0.4) is 0 Å². The first-order chi connectivity index (χ1) is 8.49. The predicted molar refractivity (Wildman–Crippen MR) is 67.2 cm³/mol. The van der Waals surface area contributed by atoms with E-state index in [-0.39, 0.29) is 6.42 Å². The third-order valence-electron chi connectivity index (χ3n) is 2.76. The van der Waals surface area contributed by atoms with Crippen molar-refractivity contribution in [1.82, 2.24) is 20.0 Å². The average molecular weight is 266 g/mol. The molecule has 2 rings (SSSR count). The Morgan fingerprint density at radius 3 is 2.67 bits per heavy atom. The summed E-state index contributed by atoms with van der Waals surface area (Å²) in [5, 5.41) is 17.5. The molecular weight excluding hydrogens is 252 g/mol. The van der Waals surface area contributed by atoms with E-state index in [4.69, 9.17) is 5.11 Å². The highest BCUT2D eigenvalue weighted by Gasteiger charge is 2.14. The topological polar surface area (TPSA) is 80.9 Å². The van der Waals surface area contributed by atoms with Crippen molar-refractivity contribution in [3.63, 3.8) is 0 Å². The molecule has 6 nitrogen and oxygen atoms in total. The summed E-state index contributed by atoms with van der Waals surface area (Å²) in [6, 6.07) is 0. The van der Waals surface area contributed by atoms with E-state index in [1.54, 1.807) is 16.0 Å². The van der Waals surface area contributed by atoms with E-state index in [0.717, 1.165) is 21.4 Å². The van der Waals surface area contributed by atoms with E-state index >= 15 is 0 Å². The summed E-state index contributed by atoms with van der Waals surface area (Å²) in [5.74, 6) is -0.829. The van der Waals surface area contributed by atoms with Crippen molar-refractivity contribution in [2.45, 2.75) is 33.6 Å². The molecule has 0 spiro atoms. The van der Waals surface area contributed by atoms with Crippen LogP contribution in [0.25, 0.3) is 5.13 Å². The van der Waals surface area contributed by atoms with Gasteiger partial charge in [-0.25, -0.2) is 4.98 Å². The lowest BCUT2D eigenvalue weighted by Crippen LogP contribution is -2.01. The van der Waals surface area contributed by atoms with Crippen LogP contribution in [0.2, 0.25) is 0 Å². The minimum atomic E-state index is -0.829. The summed E-state index contributed by atoms with van der Waals surface area (Å²) >= 11 is 1.55. The molecule has 0 aliphatic heterocycles. The third-order valence-corrected chi connectivity index (χ3v) is 3.81. The first-order valence-corrected chi connectivity index (χ1v) is 6.38. The molecule has 0 aromatic carbocycles. The molecule has 0 aliphatic rings. The fourth-order valence-corrected chi connectivity index (χ4v) is 2.45. The van der Waals surface area contributed by atoms with E-state index in [9.17, 15) is 4.79 Å². The fraction of sp³-hybridized carbons (Fsp3) is 0.455. The molecule has 0 bridgehead atoms. The van der Waals surface area contributed by atoms with E-state index < -0.39 is 5.97 Å². The lowest BCUT2D eigenvalue weighted by molar-refractivity contribution is -0.136. The zero-order chi connectivity index (χ0) is 13.3. The molecule has 0 saturated heterocycles. The van der Waals surface area contributed by atoms with Gasteiger partial charge in [0, 0.05) is 11.3 Å². The number of rotatable bonds is 4. The number of aromatic nitrogens is 4. The SMILES string of the molecule is Cc1nc(-n2nnc(CCC(=O)O)c2C)sc1C. The number of aryl methyl sites for hydroxylation is 3. The molecule has 0 radical (unpaired) electrons. The predicted octanol–water partition coefficient (Wildman–Crippen LogP) is 1.67. The molecule has 0 atom stereocenters. The lowest BCUT2D eigenvalue weighted by Gasteiger charge is -1.98. The normalized spacial score (nSPS) is 10.8. The maximum absolute atomic E-state index is 10.5. The number of nitrogens with zero attached hydrogens (tertiary/aromatic N) is 4. The van der Waals surface area contributed by atoms with Crippen LogP contribution in [0.4, 0.5) is 0 Å². The maximum atomic E-state index is 10.5. The Kier molecular flexibility index (Phi) is 3.42. The van der Waals surface area contributed by atoms with E-state index in [2.05, 4.69) is 15.3 Å². The quantitative estimate of drug-likeness (QED) is 0.910. The van der Waals surface area contributed by atoms with Crippen LogP contribution >= 0.6 is 11.3 Å². The summed E-state index contributed by atoms with van der Waals surface area (Å²) < 4.78 is 1.67. The van der Waals surface area contributed by atoms with Crippen LogP contribution in [0, 0.1) is 20.8 Å². The molecule has 0 aliphatic carbocycles. The smallest absolute Gasteiger partial charge is 0.303 e. The zero-order valence-corrected chi connectivity index (χ0v) is 11.3. The molecule has 0 unspecified atom stereocenters. The van der Waals surface area contributed by atoms with Gasteiger partial charge in [-0.15, -0.1) is 5.10 Å². The van der Waals surface area contributed by atoms with Gasteiger partial charge in [0.1, 0.15) is 0 Å². The van der Waals surface area contributed by atoms with Crippen LogP contribution in [-0.4, -0.2) is 31.1 Å². The van der Waals surface area contributed by atoms with Crippen molar-refractivity contribution < 1.29 is 9.90 Å². The average Bonchev–Trinajstić information content (AvgIpc) is 2.81. The Morgan fingerprint density at radius 2 is 2.11 bits per heavy atom.